The van der Waals surface area contributed by atoms with Gasteiger partial charge in [-0.2, -0.15) is 0 Å². The van der Waals surface area contributed by atoms with Crippen LogP contribution < -0.4 is 15.7 Å². The van der Waals surface area contributed by atoms with Crippen molar-refractivity contribution in [2.45, 2.75) is 19.4 Å². The third kappa shape index (κ3) is 4.69. The minimum Gasteiger partial charge on any atom is -0.310 e. The highest BCUT2D eigenvalue weighted by Gasteiger charge is 2.07. The Morgan fingerprint density at radius 1 is 1.19 bits per heavy atom. The lowest BCUT2D eigenvalue weighted by Gasteiger charge is -2.14. The molecule has 0 radical (unpaired) electrons. The summed E-state index contributed by atoms with van der Waals surface area (Å²) in [6.07, 6.45) is 1.86. The predicted octanol–water partition coefficient (Wildman–Crippen LogP) is 0.446. The van der Waals surface area contributed by atoms with E-state index >= 15 is 0 Å². The summed E-state index contributed by atoms with van der Waals surface area (Å²) in [5.74, 6) is 0. The van der Waals surface area contributed by atoms with Crippen LogP contribution in [0, 0.1) is 0 Å². The summed E-state index contributed by atoms with van der Waals surface area (Å²) in [4.78, 5) is 16.6. The fourth-order valence-electron chi connectivity index (χ4n) is 2.10. The van der Waals surface area contributed by atoms with Gasteiger partial charge >= 0.3 is 5.69 Å². The summed E-state index contributed by atoms with van der Waals surface area (Å²) >= 11 is 0. The van der Waals surface area contributed by atoms with Crippen molar-refractivity contribution in [2.75, 3.05) is 19.3 Å². The smallest absolute Gasteiger partial charge is 0.310 e. The number of sulfonamides is 1. The van der Waals surface area contributed by atoms with Crippen molar-refractivity contribution >= 4 is 21.1 Å². The van der Waals surface area contributed by atoms with Crippen LogP contribution in [0.15, 0.2) is 23.0 Å². The Kier molecular flexibility index (Phi) is 4.81. The summed E-state index contributed by atoms with van der Waals surface area (Å²) in [6, 6.07) is 5.87. The molecule has 1 heterocycles. The van der Waals surface area contributed by atoms with Gasteiger partial charge in [-0.1, -0.05) is 6.07 Å². The normalized spacial score (nSPS) is 13.6. The summed E-state index contributed by atoms with van der Waals surface area (Å²) in [6.45, 7) is 3.14. The highest BCUT2D eigenvalue weighted by molar-refractivity contribution is 7.88. The van der Waals surface area contributed by atoms with E-state index in [0.29, 0.717) is 19.5 Å². The van der Waals surface area contributed by atoms with Gasteiger partial charge in [-0.05, 0) is 37.6 Å². The van der Waals surface area contributed by atoms with E-state index in [-0.39, 0.29) is 11.7 Å². The first-order valence-corrected chi connectivity index (χ1v) is 8.64. The minimum atomic E-state index is -3.11. The molecule has 0 aliphatic rings. The summed E-state index contributed by atoms with van der Waals surface area (Å²) in [5, 5.41) is 3.32. The van der Waals surface area contributed by atoms with E-state index in [9.17, 15) is 13.2 Å². The van der Waals surface area contributed by atoms with Crippen LogP contribution >= 0.6 is 0 Å². The number of benzene rings is 1. The molecule has 0 saturated carbocycles. The number of nitrogens with one attached hydrogen (secondary N) is 4. The van der Waals surface area contributed by atoms with Gasteiger partial charge in [0.2, 0.25) is 10.0 Å². The molecule has 0 spiro atoms. The fourth-order valence-corrected chi connectivity index (χ4v) is 2.62. The molecular formula is C13H20N4O3S. The van der Waals surface area contributed by atoms with Gasteiger partial charge in [0.1, 0.15) is 0 Å². The van der Waals surface area contributed by atoms with Crippen LogP contribution in [0.3, 0.4) is 0 Å². The second-order valence-electron chi connectivity index (χ2n) is 5.08. The zero-order chi connectivity index (χ0) is 15.5. The predicted molar refractivity (Wildman–Crippen MR) is 82.8 cm³/mol. The quantitative estimate of drug-likeness (QED) is 0.557. The van der Waals surface area contributed by atoms with Crippen molar-refractivity contribution in [3.05, 3.63) is 34.2 Å². The third-order valence-corrected chi connectivity index (χ3v) is 3.94. The zero-order valence-corrected chi connectivity index (χ0v) is 12.9. The number of rotatable bonds is 7. The van der Waals surface area contributed by atoms with Crippen LogP contribution in [0.4, 0.5) is 0 Å². The Morgan fingerprint density at radius 3 is 2.62 bits per heavy atom. The standard InChI is InChI=1S/C13H20N4O3S/c1-9(14-6-3-7-15-21(2,19)20)10-4-5-11-12(8-10)17-13(18)16-11/h4-5,8-9,14-15H,3,6-7H2,1-2H3,(H2,16,17,18). The van der Waals surface area contributed by atoms with Crippen molar-refractivity contribution in [3.63, 3.8) is 0 Å². The molecule has 0 aliphatic heterocycles. The number of fused-ring (bicyclic) bond motifs is 1. The number of hydrogen-bond acceptors (Lipinski definition) is 4. The molecule has 4 N–H and O–H groups in total. The summed E-state index contributed by atoms with van der Waals surface area (Å²) < 4.78 is 24.3. The largest absolute Gasteiger partial charge is 0.323 e. The van der Waals surface area contributed by atoms with E-state index in [4.69, 9.17) is 0 Å². The van der Waals surface area contributed by atoms with E-state index in [2.05, 4.69) is 20.0 Å². The Balaban J connectivity index is 1.87. The van der Waals surface area contributed by atoms with Gasteiger partial charge in [0.05, 0.1) is 17.3 Å². The van der Waals surface area contributed by atoms with E-state index in [1.807, 2.05) is 25.1 Å². The minimum absolute atomic E-state index is 0.117. The number of imidazole rings is 1. The van der Waals surface area contributed by atoms with Gasteiger partial charge in [-0.25, -0.2) is 17.9 Å². The zero-order valence-electron chi connectivity index (χ0n) is 12.1. The molecule has 2 aromatic rings. The van der Waals surface area contributed by atoms with Crippen LogP contribution in [0.25, 0.3) is 11.0 Å². The lowest BCUT2D eigenvalue weighted by atomic mass is 10.1. The van der Waals surface area contributed by atoms with Gasteiger partial charge < -0.3 is 15.3 Å². The summed E-state index contributed by atoms with van der Waals surface area (Å²) in [5.41, 5.74) is 2.42. The number of hydrogen-bond donors (Lipinski definition) is 4. The first kappa shape index (κ1) is 15.7. The molecule has 2 rings (SSSR count). The molecule has 1 aromatic heterocycles. The van der Waals surface area contributed by atoms with Crippen LogP contribution in [0.1, 0.15) is 24.9 Å². The van der Waals surface area contributed by atoms with E-state index < -0.39 is 10.0 Å². The van der Waals surface area contributed by atoms with Crippen molar-refractivity contribution in [2.24, 2.45) is 0 Å². The Hall–Kier alpha value is -1.64. The molecule has 1 atom stereocenters. The third-order valence-electron chi connectivity index (χ3n) is 3.21. The topological polar surface area (TPSA) is 107 Å². The van der Waals surface area contributed by atoms with Gasteiger partial charge in [0.15, 0.2) is 0 Å². The molecule has 21 heavy (non-hydrogen) atoms. The highest BCUT2D eigenvalue weighted by atomic mass is 32.2. The van der Waals surface area contributed by atoms with Crippen LogP contribution in [-0.2, 0) is 10.0 Å². The molecule has 0 fully saturated rings. The molecule has 0 saturated heterocycles. The number of H-pyrrole nitrogens is 2. The molecule has 7 nitrogen and oxygen atoms in total. The number of aromatic nitrogens is 2. The van der Waals surface area contributed by atoms with Gasteiger partial charge in [0, 0.05) is 12.6 Å². The van der Waals surface area contributed by atoms with Gasteiger partial charge in [-0.15, -0.1) is 0 Å². The van der Waals surface area contributed by atoms with Crippen LogP contribution in [-0.4, -0.2) is 37.7 Å². The fraction of sp³-hybridized carbons (Fsp3) is 0.462. The number of aromatic amines is 2. The van der Waals surface area contributed by atoms with E-state index in [1.165, 1.54) is 0 Å². The second-order valence-corrected chi connectivity index (χ2v) is 6.91. The molecular weight excluding hydrogens is 292 g/mol. The first-order valence-electron chi connectivity index (χ1n) is 6.75. The molecule has 0 aliphatic carbocycles. The van der Waals surface area contributed by atoms with Crippen molar-refractivity contribution < 1.29 is 8.42 Å². The molecule has 0 bridgehead atoms. The Morgan fingerprint density at radius 2 is 1.90 bits per heavy atom. The van der Waals surface area contributed by atoms with E-state index in [1.54, 1.807) is 0 Å². The lowest BCUT2D eigenvalue weighted by Crippen LogP contribution is -2.27. The van der Waals surface area contributed by atoms with Gasteiger partial charge in [0.25, 0.3) is 0 Å². The molecule has 1 unspecified atom stereocenters. The molecule has 1 aromatic carbocycles. The van der Waals surface area contributed by atoms with Crippen molar-refractivity contribution in [1.29, 1.82) is 0 Å². The SMILES string of the molecule is CC(NCCCNS(C)(=O)=O)c1ccc2[nH]c(=O)[nH]c2c1. The van der Waals surface area contributed by atoms with Crippen molar-refractivity contribution in [3.8, 4) is 0 Å². The Labute approximate surface area is 123 Å². The maximum atomic E-state index is 11.2. The molecule has 116 valence electrons. The average Bonchev–Trinajstić information content (AvgIpc) is 2.75. The molecule has 0 amide bonds. The van der Waals surface area contributed by atoms with Crippen LogP contribution in [0.5, 0.6) is 0 Å². The Bertz CT molecular complexity index is 763. The van der Waals surface area contributed by atoms with Crippen molar-refractivity contribution in [1.82, 2.24) is 20.0 Å². The first-order chi connectivity index (χ1) is 9.85. The van der Waals surface area contributed by atoms with Gasteiger partial charge in [-0.3, -0.25) is 0 Å². The van der Waals surface area contributed by atoms with E-state index in [0.717, 1.165) is 22.9 Å². The summed E-state index contributed by atoms with van der Waals surface area (Å²) in [7, 11) is -3.11. The lowest BCUT2D eigenvalue weighted by molar-refractivity contribution is 0.548. The van der Waals surface area contributed by atoms with Crippen LogP contribution in [0.2, 0.25) is 0 Å². The monoisotopic (exact) mass is 312 g/mol. The average molecular weight is 312 g/mol. The maximum absolute atomic E-state index is 11.2. The maximum Gasteiger partial charge on any atom is 0.323 e. The second kappa shape index (κ2) is 6.42. The highest BCUT2D eigenvalue weighted by Crippen LogP contribution is 2.16. The molecule has 8 heteroatoms.